The zero-order chi connectivity index (χ0) is 20.6. The molecule has 1 aromatic carbocycles. The fraction of sp³-hybridized carbons (Fsp3) is 0.429. The molecule has 0 aliphatic carbocycles. The van der Waals surface area contributed by atoms with E-state index in [1.165, 1.54) is 35.6 Å². The van der Waals surface area contributed by atoms with Crippen LogP contribution in [0.25, 0.3) is 0 Å². The largest absolute Gasteiger partial charge is 0.379 e. The SMILES string of the molecule is Cc1cc(NC(=O)c2cccc(F)c2)sc1C(=O)NCCCOCC1CCCO1. The van der Waals surface area contributed by atoms with E-state index in [1.807, 2.05) is 6.92 Å². The van der Waals surface area contributed by atoms with Gasteiger partial charge in [0.1, 0.15) is 5.82 Å². The Kier molecular flexibility index (Phi) is 7.74. The van der Waals surface area contributed by atoms with Crippen LogP contribution in [-0.4, -0.2) is 44.3 Å². The van der Waals surface area contributed by atoms with E-state index < -0.39 is 11.7 Å². The maximum atomic E-state index is 13.3. The van der Waals surface area contributed by atoms with Crippen molar-refractivity contribution in [3.05, 3.63) is 52.2 Å². The lowest BCUT2D eigenvalue weighted by atomic mass is 10.2. The van der Waals surface area contributed by atoms with Crippen LogP contribution < -0.4 is 10.6 Å². The molecule has 1 aliphatic rings. The van der Waals surface area contributed by atoms with Gasteiger partial charge in [-0.2, -0.15) is 0 Å². The molecular weight excluding hydrogens is 395 g/mol. The van der Waals surface area contributed by atoms with Crippen molar-refractivity contribution in [2.45, 2.75) is 32.3 Å². The van der Waals surface area contributed by atoms with Crippen LogP contribution >= 0.6 is 11.3 Å². The lowest BCUT2D eigenvalue weighted by Gasteiger charge is -2.10. The first-order chi connectivity index (χ1) is 14.0. The van der Waals surface area contributed by atoms with E-state index in [2.05, 4.69) is 10.6 Å². The highest BCUT2D eigenvalue weighted by molar-refractivity contribution is 7.18. The van der Waals surface area contributed by atoms with Gasteiger partial charge in [-0.1, -0.05) is 6.07 Å². The minimum atomic E-state index is -0.472. The number of hydrogen-bond donors (Lipinski definition) is 2. The van der Waals surface area contributed by atoms with Gasteiger partial charge in [0, 0.05) is 25.3 Å². The van der Waals surface area contributed by atoms with Gasteiger partial charge in [0.2, 0.25) is 0 Å². The molecule has 8 heteroatoms. The maximum Gasteiger partial charge on any atom is 0.261 e. The Bertz CT molecular complexity index is 849. The third-order valence-corrected chi connectivity index (χ3v) is 5.68. The van der Waals surface area contributed by atoms with Gasteiger partial charge < -0.3 is 20.1 Å². The van der Waals surface area contributed by atoms with Crippen molar-refractivity contribution in [1.29, 1.82) is 0 Å². The number of aryl methyl sites for hydroxylation is 1. The molecule has 2 heterocycles. The van der Waals surface area contributed by atoms with Gasteiger partial charge in [-0.15, -0.1) is 11.3 Å². The number of rotatable bonds is 9. The summed E-state index contributed by atoms with van der Waals surface area (Å²) < 4.78 is 24.3. The van der Waals surface area contributed by atoms with Gasteiger partial charge in [-0.25, -0.2) is 4.39 Å². The van der Waals surface area contributed by atoms with Gasteiger partial charge in [-0.3, -0.25) is 9.59 Å². The van der Waals surface area contributed by atoms with E-state index in [-0.39, 0.29) is 17.6 Å². The molecule has 1 aromatic heterocycles. The van der Waals surface area contributed by atoms with Crippen molar-refractivity contribution >= 4 is 28.2 Å². The van der Waals surface area contributed by atoms with Crippen LogP contribution in [0.15, 0.2) is 30.3 Å². The Morgan fingerprint density at radius 1 is 1.31 bits per heavy atom. The van der Waals surface area contributed by atoms with Gasteiger partial charge >= 0.3 is 0 Å². The second kappa shape index (κ2) is 10.5. The second-order valence-corrected chi connectivity index (χ2v) is 7.96. The number of nitrogens with one attached hydrogen (secondary N) is 2. The first-order valence-corrected chi connectivity index (χ1v) is 10.5. The zero-order valence-electron chi connectivity index (χ0n) is 16.3. The molecule has 3 rings (SSSR count). The summed E-state index contributed by atoms with van der Waals surface area (Å²) in [5.74, 6) is -1.07. The average Bonchev–Trinajstić information content (AvgIpc) is 3.34. The molecular formula is C21H25FN2O4S. The number of hydrogen-bond acceptors (Lipinski definition) is 5. The Balaban J connectivity index is 1.42. The molecule has 29 heavy (non-hydrogen) atoms. The van der Waals surface area contributed by atoms with Crippen molar-refractivity contribution in [1.82, 2.24) is 5.32 Å². The number of thiophene rings is 1. The molecule has 1 unspecified atom stereocenters. The van der Waals surface area contributed by atoms with Crippen LogP contribution in [0.1, 0.15) is 44.9 Å². The number of amides is 2. The van der Waals surface area contributed by atoms with Crippen LogP contribution in [0.2, 0.25) is 0 Å². The topological polar surface area (TPSA) is 76.7 Å². The number of ether oxygens (including phenoxy) is 2. The molecule has 2 aromatic rings. The average molecular weight is 421 g/mol. The van der Waals surface area contributed by atoms with E-state index in [1.54, 1.807) is 6.07 Å². The highest BCUT2D eigenvalue weighted by Gasteiger charge is 2.16. The smallest absolute Gasteiger partial charge is 0.261 e. The van der Waals surface area contributed by atoms with Crippen LogP contribution in [0.5, 0.6) is 0 Å². The summed E-state index contributed by atoms with van der Waals surface area (Å²) >= 11 is 1.19. The minimum absolute atomic E-state index is 0.183. The monoisotopic (exact) mass is 420 g/mol. The number of carbonyl (C=O) groups excluding carboxylic acids is 2. The van der Waals surface area contributed by atoms with Crippen molar-refractivity contribution in [2.75, 3.05) is 31.7 Å². The standard InChI is InChI=1S/C21H25FN2O4S/c1-14-11-18(24-20(25)15-5-2-6-16(22)12-15)29-19(14)21(26)23-8-4-9-27-13-17-7-3-10-28-17/h2,5-6,11-12,17H,3-4,7-10,13H2,1H3,(H,23,26)(H,24,25). The molecule has 0 radical (unpaired) electrons. The molecule has 1 fully saturated rings. The molecule has 2 amide bonds. The van der Waals surface area contributed by atoms with Crippen molar-refractivity contribution in [2.24, 2.45) is 0 Å². The number of halogens is 1. The fourth-order valence-electron chi connectivity index (χ4n) is 3.03. The molecule has 2 N–H and O–H groups in total. The van der Waals surface area contributed by atoms with Gasteiger partial charge in [0.15, 0.2) is 0 Å². The lowest BCUT2D eigenvalue weighted by Crippen LogP contribution is -2.25. The highest BCUT2D eigenvalue weighted by atomic mass is 32.1. The fourth-order valence-corrected chi connectivity index (χ4v) is 4.01. The van der Waals surface area contributed by atoms with Gasteiger partial charge in [0.25, 0.3) is 11.8 Å². The predicted molar refractivity (Wildman–Crippen MR) is 110 cm³/mol. The number of anilines is 1. The molecule has 1 saturated heterocycles. The predicted octanol–water partition coefficient (Wildman–Crippen LogP) is 3.76. The van der Waals surface area contributed by atoms with E-state index in [9.17, 15) is 14.0 Å². The summed E-state index contributed by atoms with van der Waals surface area (Å²) in [7, 11) is 0. The molecule has 1 aliphatic heterocycles. The maximum absolute atomic E-state index is 13.3. The summed E-state index contributed by atoms with van der Waals surface area (Å²) in [5.41, 5.74) is 1.00. The molecule has 0 saturated carbocycles. The normalized spacial score (nSPS) is 16.0. The third-order valence-electron chi connectivity index (χ3n) is 4.53. The summed E-state index contributed by atoms with van der Waals surface area (Å²) in [6.07, 6.45) is 3.06. The van der Waals surface area contributed by atoms with E-state index in [0.717, 1.165) is 25.0 Å². The highest BCUT2D eigenvalue weighted by Crippen LogP contribution is 2.27. The Labute approximate surface area is 173 Å². The van der Waals surface area contributed by atoms with E-state index >= 15 is 0 Å². The number of benzene rings is 1. The molecule has 6 nitrogen and oxygen atoms in total. The van der Waals surface area contributed by atoms with Crippen LogP contribution in [0.3, 0.4) is 0 Å². The van der Waals surface area contributed by atoms with Crippen LogP contribution in [0.4, 0.5) is 9.39 Å². The van der Waals surface area contributed by atoms with E-state index in [0.29, 0.717) is 36.1 Å². The summed E-state index contributed by atoms with van der Waals surface area (Å²) in [6, 6.07) is 7.20. The van der Waals surface area contributed by atoms with Gasteiger partial charge in [-0.05, 0) is 56.0 Å². The summed E-state index contributed by atoms with van der Waals surface area (Å²) in [5, 5.41) is 6.13. The van der Waals surface area contributed by atoms with E-state index in [4.69, 9.17) is 9.47 Å². The molecule has 156 valence electrons. The molecule has 1 atom stereocenters. The number of carbonyl (C=O) groups is 2. The van der Waals surface area contributed by atoms with Crippen LogP contribution in [-0.2, 0) is 9.47 Å². The van der Waals surface area contributed by atoms with Gasteiger partial charge in [0.05, 0.1) is 22.6 Å². The van der Waals surface area contributed by atoms with Crippen molar-refractivity contribution in [3.8, 4) is 0 Å². The quantitative estimate of drug-likeness (QED) is 0.606. The van der Waals surface area contributed by atoms with Crippen molar-refractivity contribution < 1.29 is 23.5 Å². The first-order valence-electron chi connectivity index (χ1n) is 9.68. The lowest BCUT2D eigenvalue weighted by molar-refractivity contribution is 0.0166. The zero-order valence-corrected chi connectivity index (χ0v) is 17.1. The first kappa shape index (κ1) is 21.4. The summed E-state index contributed by atoms with van der Waals surface area (Å²) in [6.45, 7) is 4.31. The van der Waals surface area contributed by atoms with Crippen molar-refractivity contribution in [3.63, 3.8) is 0 Å². The Morgan fingerprint density at radius 3 is 2.93 bits per heavy atom. The Morgan fingerprint density at radius 2 is 2.17 bits per heavy atom. The molecule has 0 spiro atoms. The second-order valence-electron chi connectivity index (χ2n) is 6.91. The molecule has 0 bridgehead atoms. The summed E-state index contributed by atoms with van der Waals surface area (Å²) in [4.78, 5) is 25.2. The Hall–Kier alpha value is -2.29. The van der Waals surface area contributed by atoms with Crippen LogP contribution in [0, 0.1) is 12.7 Å². The third kappa shape index (κ3) is 6.35. The minimum Gasteiger partial charge on any atom is -0.379 e.